The highest BCUT2D eigenvalue weighted by atomic mass is 32.2. The Labute approximate surface area is 318 Å². The van der Waals surface area contributed by atoms with E-state index < -0.39 is 91.7 Å². The number of amides is 5. The molecule has 4 aliphatic rings. The average molecular weight is 786 g/mol. The summed E-state index contributed by atoms with van der Waals surface area (Å²) in [5.41, 5.74) is -1.63. The molecule has 1 aliphatic carbocycles. The fourth-order valence-corrected chi connectivity index (χ4v) is 8.32. The van der Waals surface area contributed by atoms with E-state index in [1.54, 1.807) is 39.0 Å². The maximum Gasteiger partial charge on any atom is 0.410 e. The van der Waals surface area contributed by atoms with Crippen molar-refractivity contribution in [1.29, 1.82) is 0 Å². The van der Waals surface area contributed by atoms with Crippen LogP contribution in [0.25, 0.3) is 0 Å². The molecule has 3 N–H and O–H groups in total. The van der Waals surface area contributed by atoms with Gasteiger partial charge in [0.15, 0.2) is 0 Å². The number of carbonyl (C=O) groups is 5. The van der Waals surface area contributed by atoms with E-state index in [2.05, 4.69) is 10.6 Å². The van der Waals surface area contributed by atoms with Crippen molar-refractivity contribution in [3.8, 4) is 0 Å². The minimum Gasteiger partial charge on any atom is -0.444 e. The molecule has 296 valence electrons. The number of allylic oxidation sites excluding steroid dienone is 1. The van der Waals surface area contributed by atoms with E-state index in [-0.39, 0.29) is 38.9 Å². The number of hydrogen-bond donors (Lipinski definition) is 3. The Morgan fingerprint density at radius 1 is 1.02 bits per heavy atom. The predicted molar refractivity (Wildman–Crippen MR) is 192 cm³/mol. The van der Waals surface area contributed by atoms with E-state index >= 15 is 0 Å². The number of alkyl carbamates (subject to hydrolysis) is 1. The Morgan fingerprint density at radius 2 is 1.78 bits per heavy atom. The molecule has 14 nitrogen and oxygen atoms in total. The summed E-state index contributed by atoms with van der Waals surface area (Å²) in [6, 6.07) is 6.22. The Hall–Kier alpha value is -5.06. The highest BCUT2D eigenvalue weighted by molar-refractivity contribution is 7.90. The summed E-state index contributed by atoms with van der Waals surface area (Å²) in [6.07, 6.45) is 3.48. The number of carbonyl (C=O) groups excluding carboxylic acids is 5. The lowest BCUT2D eigenvalue weighted by Gasteiger charge is -2.30. The second-order valence-electron chi connectivity index (χ2n) is 15.4. The van der Waals surface area contributed by atoms with Crippen LogP contribution >= 0.6 is 0 Å². The first-order valence-electron chi connectivity index (χ1n) is 18.3. The smallest absolute Gasteiger partial charge is 0.410 e. The van der Waals surface area contributed by atoms with E-state index in [0.717, 1.165) is 18.2 Å². The average Bonchev–Trinajstić information content (AvgIpc) is 3.40. The zero-order valence-corrected chi connectivity index (χ0v) is 31.6. The zero-order chi connectivity index (χ0) is 39.7. The lowest BCUT2D eigenvalue weighted by atomic mass is 10.0. The third kappa shape index (κ3) is 9.09. The van der Waals surface area contributed by atoms with Gasteiger partial charge in [-0.2, -0.15) is 0 Å². The normalized spacial score (nSPS) is 26.3. The van der Waals surface area contributed by atoms with Gasteiger partial charge in [-0.05, 0) is 76.3 Å². The van der Waals surface area contributed by atoms with Crippen molar-refractivity contribution in [2.24, 2.45) is 5.92 Å². The number of sulfonamides is 1. The van der Waals surface area contributed by atoms with Gasteiger partial charge in [0.1, 0.15) is 41.0 Å². The molecule has 3 heterocycles. The van der Waals surface area contributed by atoms with Crippen LogP contribution in [0.3, 0.4) is 0 Å². The molecule has 0 bridgehead atoms. The van der Waals surface area contributed by atoms with E-state index in [1.165, 1.54) is 21.9 Å². The monoisotopic (exact) mass is 785 g/mol. The molecule has 2 aromatic rings. The van der Waals surface area contributed by atoms with Gasteiger partial charge < -0.3 is 25.0 Å². The van der Waals surface area contributed by atoms with Gasteiger partial charge in [-0.3, -0.25) is 19.3 Å². The Balaban J connectivity index is 1.27. The molecule has 1 saturated heterocycles. The van der Waals surface area contributed by atoms with Crippen molar-refractivity contribution in [3.05, 3.63) is 77.4 Å². The SMILES string of the molecule is CC(C)(C)OC(=O)N[C@H]1CCCCC/C=C\[C@H]2C[C@@]2(C(=O)NS(=O)(=O)c2cccc(F)c2)NC(=O)[C@@H]2C[C@@H](OC(=O)N3Cc4cccc(F)c4C3)CN2C1=O. The van der Waals surface area contributed by atoms with Crippen molar-refractivity contribution in [2.75, 3.05) is 6.54 Å². The summed E-state index contributed by atoms with van der Waals surface area (Å²) in [5, 5.41) is 5.35. The topological polar surface area (TPSA) is 181 Å². The van der Waals surface area contributed by atoms with Crippen LogP contribution in [0, 0.1) is 17.6 Å². The molecule has 2 aromatic carbocycles. The van der Waals surface area contributed by atoms with Crippen LogP contribution in [0.1, 0.15) is 76.8 Å². The fourth-order valence-electron chi connectivity index (χ4n) is 7.25. The maximum absolute atomic E-state index is 14.4. The van der Waals surface area contributed by atoms with Crippen LogP contribution in [0.5, 0.6) is 0 Å². The highest BCUT2D eigenvalue weighted by Gasteiger charge is 2.61. The molecule has 0 aromatic heterocycles. The standard InChI is InChI=1S/C38H45F2N5O9S/c1-37(2,3)54-35(49)41-30-16-8-6-4-5-7-12-24-19-38(24,34(48)43-55(51,52)27-14-10-13-25(39)17-27)42-32(46)31-18-26(21-45(31)33(30)47)53-36(50)44-20-23-11-9-15-29(40)28(23)22-44/h7,9-15,17,24,26,30-31H,4-6,8,16,18-22H2,1-3H3,(H,41,49)(H,42,46)(H,43,48)/b12-7-/t24-,26+,30-,31-,38+/m0/s1. The highest BCUT2D eigenvalue weighted by Crippen LogP contribution is 2.46. The summed E-state index contributed by atoms with van der Waals surface area (Å²) in [6.45, 7) is 4.83. The number of fused-ring (bicyclic) bond motifs is 3. The first-order valence-corrected chi connectivity index (χ1v) is 19.8. The minimum atomic E-state index is -4.55. The molecule has 5 atom stereocenters. The van der Waals surface area contributed by atoms with Gasteiger partial charge in [0.05, 0.1) is 18.0 Å². The van der Waals surface area contributed by atoms with E-state index in [0.29, 0.717) is 36.8 Å². The number of ether oxygens (including phenoxy) is 2. The zero-order valence-electron chi connectivity index (χ0n) is 30.8. The molecular formula is C38H45F2N5O9S. The largest absolute Gasteiger partial charge is 0.444 e. The second kappa shape index (κ2) is 15.6. The van der Waals surface area contributed by atoms with Crippen LogP contribution in [0.2, 0.25) is 0 Å². The lowest BCUT2D eigenvalue weighted by Crippen LogP contribution is -2.58. The van der Waals surface area contributed by atoms with Crippen molar-refractivity contribution >= 4 is 39.9 Å². The Bertz CT molecular complexity index is 2000. The predicted octanol–water partition coefficient (Wildman–Crippen LogP) is 4.18. The number of rotatable bonds is 5. The quantitative estimate of drug-likeness (QED) is 0.375. The summed E-state index contributed by atoms with van der Waals surface area (Å²) < 4.78 is 67.9. The summed E-state index contributed by atoms with van der Waals surface area (Å²) in [7, 11) is -4.55. The minimum absolute atomic E-state index is 0.0347. The van der Waals surface area contributed by atoms with E-state index in [9.17, 15) is 41.2 Å². The summed E-state index contributed by atoms with van der Waals surface area (Å²) >= 11 is 0. The van der Waals surface area contributed by atoms with Gasteiger partial charge in [0, 0.05) is 24.4 Å². The van der Waals surface area contributed by atoms with Gasteiger partial charge in [0.2, 0.25) is 11.8 Å². The van der Waals surface area contributed by atoms with E-state index in [4.69, 9.17) is 9.47 Å². The van der Waals surface area contributed by atoms with Crippen molar-refractivity contribution in [2.45, 2.75) is 113 Å². The van der Waals surface area contributed by atoms with Crippen LogP contribution < -0.4 is 15.4 Å². The molecule has 0 radical (unpaired) electrons. The first-order chi connectivity index (χ1) is 26.0. The molecule has 1 saturated carbocycles. The summed E-state index contributed by atoms with van der Waals surface area (Å²) in [5.74, 6) is -4.41. The molecule has 55 heavy (non-hydrogen) atoms. The number of hydrogen-bond acceptors (Lipinski definition) is 9. The Morgan fingerprint density at radius 3 is 2.51 bits per heavy atom. The number of benzene rings is 2. The van der Waals surface area contributed by atoms with Gasteiger partial charge >= 0.3 is 12.2 Å². The molecule has 0 unspecified atom stereocenters. The number of nitrogens with one attached hydrogen (secondary N) is 3. The second-order valence-corrected chi connectivity index (χ2v) is 17.1. The molecule has 17 heteroatoms. The van der Waals surface area contributed by atoms with Gasteiger partial charge in [0.25, 0.3) is 15.9 Å². The van der Waals surface area contributed by atoms with Gasteiger partial charge in [-0.1, -0.05) is 43.2 Å². The molecule has 3 aliphatic heterocycles. The fraction of sp³-hybridized carbons (Fsp3) is 0.500. The third-order valence-electron chi connectivity index (χ3n) is 10.1. The lowest BCUT2D eigenvalue weighted by molar-refractivity contribution is -0.141. The molecule has 0 spiro atoms. The van der Waals surface area contributed by atoms with Crippen molar-refractivity contribution < 1.29 is 50.6 Å². The first kappa shape index (κ1) is 39.6. The molecule has 2 fully saturated rings. The van der Waals surface area contributed by atoms with Crippen molar-refractivity contribution in [3.63, 3.8) is 0 Å². The number of nitrogens with zero attached hydrogens (tertiary/aromatic N) is 2. The van der Waals surface area contributed by atoms with Crippen LogP contribution in [-0.4, -0.2) is 84.0 Å². The third-order valence-corrected chi connectivity index (χ3v) is 11.4. The number of halogens is 2. The Kier molecular flexibility index (Phi) is 11.2. The van der Waals surface area contributed by atoms with Crippen LogP contribution in [0.15, 0.2) is 59.5 Å². The maximum atomic E-state index is 14.4. The summed E-state index contributed by atoms with van der Waals surface area (Å²) in [4.78, 5) is 70.7. The van der Waals surface area contributed by atoms with Crippen LogP contribution in [0.4, 0.5) is 18.4 Å². The molecule has 6 rings (SSSR count). The van der Waals surface area contributed by atoms with Gasteiger partial charge in [-0.15, -0.1) is 0 Å². The molecular weight excluding hydrogens is 741 g/mol. The molecule has 5 amide bonds. The van der Waals surface area contributed by atoms with Gasteiger partial charge in [-0.25, -0.2) is 31.5 Å². The van der Waals surface area contributed by atoms with E-state index in [1.807, 2.05) is 10.8 Å². The van der Waals surface area contributed by atoms with Crippen molar-refractivity contribution in [1.82, 2.24) is 25.2 Å². The van der Waals surface area contributed by atoms with Crippen LogP contribution in [-0.2, 0) is 47.0 Å².